The number of H-pyrrole nitrogens is 1. The summed E-state index contributed by atoms with van der Waals surface area (Å²) in [7, 11) is 0. The van der Waals surface area contributed by atoms with E-state index in [0.29, 0.717) is 0 Å². The van der Waals surface area contributed by atoms with Crippen LogP contribution in [0.5, 0.6) is 0 Å². The van der Waals surface area contributed by atoms with Crippen LogP contribution < -0.4 is 0 Å². The molecule has 0 unspecified atom stereocenters. The van der Waals surface area contributed by atoms with Crippen molar-refractivity contribution in [3.8, 4) is 0 Å². The van der Waals surface area contributed by atoms with Gasteiger partial charge < -0.3 is 0 Å². The van der Waals surface area contributed by atoms with Gasteiger partial charge >= 0.3 is 0 Å². The van der Waals surface area contributed by atoms with Crippen LogP contribution in [-0.4, -0.2) is 16.4 Å². The lowest BCUT2D eigenvalue weighted by Gasteiger charge is -2.14. The van der Waals surface area contributed by atoms with Crippen molar-refractivity contribution in [1.29, 1.82) is 0 Å². The van der Waals surface area contributed by atoms with Crippen molar-refractivity contribution >= 4 is 11.9 Å². The Bertz CT molecular complexity index is 405. The quantitative estimate of drug-likeness (QED) is 0.749. The van der Waals surface area contributed by atoms with E-state index < -0.39 is 0 Å². The molecule has 1 aliphatic heterocycles. The molecule has 0 bridgehead atoms. The summed E-state index contributed by atoms with van der Waals surface area (Å²) in [6, 6.07) is 2.09. The zero-order chi connectivity index (χ0) is 10.9. The molecular formula is C12H17N3. The number of hydrogen-bond donors (Lipinski definition) is 1. The lowest BCUT2D eigenvalue weighted by Crippen LogP contribution is -2.11. The van der Waals surface area contributed by atoms with E-state index >= 15 is 0 Å². The SMILES string of the molecule is CC(C)(C)c1cc(C2=CCCC=N2)n[nH]1. The van der Waals surface area contributed by atoms with Crippen LogP contribution >= 0.6 is 0 Å². The lowest BCUT2D eigenvalue weighted by molar-refractivity contribution is 0.567. The van der Waals surface area contributed by atoms with E-state index in [-0.39, 0.29) is 5.41 Å². The van der Waals surface area contributed by atoms with Crippen LogP contribution in [0, 0.1) is 0 Å². The molecule has 1 aromatic rings. The van der Waals surface area contributed by atoms with Crippen molar-refractivity contribution in [3.05, 3.63) is 23.5 Å². The Morgan fingerprint density at radius 2 is 2.07 bits per heavy atom. The first kappa shape index (κ1) is 10.1. The van der Waals surface area contributed by atoms with Gasteiger partial charge in [0.15, 0.2) is 0 Å². The molecule has 1 aliphatic rings. The van der Waals surface area contributed by atoms with Crippen molar-refractivity contribution in [2.75, 3.05) is 0 Å². The van der Waals surface area contributed by atoms with Crippen molar-refractivity contribution in [2.45, 2.75) is 39.0 Å². The minimum absolute atomic E-state index is 0.115. The van der Waals surface area contributed by atoms with Gasteiger partial charge in [-0.15, -0.1) is 0 Å². The highest BCUT2D eigenvalue weighted by Gasteiger charge is 2.17. The fraction of sp³-hybridized carbons (Fsp3) is 0.500. The fourth-order valence-electron chi connectivity index (χ4n) is 1.52. The third-order valence-corrected chi connectivity index (χ3v) is 2.51. The number of hydrogen-bond acceptors (Lipinski definition) is 2. The number of aliphatic imine (C=N–C) groups is 1. The summed E-state index contributed by atoms with van der Waals surface area (Å²) in [5.74, 6) is 0. The van der Waals surface area contributed by atoms with Gasteiger partial charge in [-0.2, -0.15) is 5.10 Å². The Balaban J connectivity index is 2.28. The zero-order valence-electron chi connectivity index (χ0n) is 9.54. The highest BCUT2D eigenvalue weighted by molar-refractivity contribution is 5.75. The van der Waals surface area contributed by atoms with Crippen LogP contribution in [-0.2, 0) is 5.41 Å². The van der Waals surface area contributed by atoms with E-state index in [0.717, 1.165) is 29.9 Å². The summed E-state index contributed by atoms with van der Waals surface area (Å²) in [5, 5.41) is 7.38. The maximum absolute atomic E-state index is 4.35. The maximum Gasteiger partial charge on any atom is 0.110 e. The molecule has 2 heterocycles. The highest BCUT2D eigenvalue weighted by atomic mass is 15.1. The molecule has 0 aliphatic carbocycles. The second-order valence-electron chi connectivity index (χ2n) is 4.90. The van der Waals surface area contributed by atoms with Gasteiger partial charge in [-0.1, -0.05) is 26.8 Å². The highest BCUT2D eigenvalue weighted by Crippen LogP contribution is 2.24. The minimum Gasteiger partial charge on any atom is -0.281 e. The number of aromatic amines is 1. The second-order valence-corrected chi connectivity index (χ2v) is 4.90. The Labute approximate surface area is 90.3 Å². The molecule has 3 nitrogen and oxygen atoms in total. The summed E-state index contributed by atoms with van der Waals surface area (Å²) >= 11 is 0. The Morgan fingerprint density at radius 1 is 1.27 bits per heavy atom. The summed E-state index contributed by atoms with van der Waals surface area (Å²) in [5.41, 5.74) is 3.22. The third kappa shape index (κ3) is 2.17. The smallest absolute Gasteiger partial charge is 0.110 e. The largest absolute Gasteiger partial charge is 0.281 e. The fourth-order valence-corrected chi connectivity index (χ4v) is 1.52. The van der Waals surface area contributed by atoms with Gasteiger partial charge in [-0.25, -0.2) is 0 Å². The zero-order valence-corrected chi connectivity index (χ0v) is 9.54. The maximum atomic E-state index is 4.35. The normalized spacial score (nSPS) is 16.6. The molecule has 80 valence electrons. The molecule has 0 amide bonds. The molecule has 0 spiro atoms. The van der Waals surface area contributed by atoms with Crippen molar-refractivity contribution < 1.29 is 0 Å². The first-order valence-corrected chi connectivity index (χ1v) is 5.36. The molecule has 0 saturated heterocycles. The number of nitrogens with zero attached hydrogens (tertiary/aromatic N) is 2. The first-order chi connectivity index (χ1) is 7.07. The van der Waals surface area contributed by atoms with Crippen LogP contribution in [0.2, 0.25) is 0 Å². The predicted octanol–water partition coefficient (Wildman–Crippen LogP) is 2.91. The van der Waals surface area contributed by atoms with Crippen molar-refractivity contribution in [2.24, 2.45) is 4.99 Å². The molecule has 0 fully saturated rings. The molecule has 15 heavy (non-hydrogen) atoms. The average Bonchev–Trinajstić information content (AvgIpc) is 2.67. The number of allylic oxidation sites excluding steroid dienone is 1. The van der Waals surface area contributed by atoms with Crippen molar-refractivity contribution in [3.63, 3.8) is 0 Å². The Hall–Kier alpha value is -1.38. The molecule has 0 radical (unpaired) electrons. The van der Waals surface area contributed by atoms with Crippen LogP contribution in [0.15, 0.2) is 17.1 Å². The summed E-state index contributed by atoms with van der Waals surface area (Å²) in [6.07, 6.45) is 6.21. The van der Waals surface area contributed by atoms with Crippen LogP contribution in [0.3, 0.4) is 0 Å². The van der Waals surface area contributed by atoms with E-state index in [9.17, 15) is 0 Å². The Morgan fingerprint density at radius 3 is 2.60 bits per heavy atom. The molecular weight excluding hydrogens is 186 g/mol. The van der Waals surface area contributed by atoms with Gasteiger partial charge in [0.25, 0.3) is 0 Å². The van der Waals surface area contributed by atoms with Gasteiger partial charge in [0.1, 0.15) is 5.69 Å². The van der Waals surface area contributed by atoms with Gasteiger partial charge in [0.2, 0.25) is 0 Å². The van der Waals surface area contributed by atoms with E-state index in [4.69, 9.17) is 0 Å². The molecule has 1 N–H and O–H groups in total. The second kappa shape index (κ2) is 3.65. The molecule has 2 rings (SSSR count). The minimum atomic E-state index is 0.115. The van der Waals surface area contributed by atoms with Crippen LogP contribution in [0.25, 0.3) is 5.70 Å². The first-order valence-electron chi connectivity index (χ1n) is 5.36. The van der Waals surface area contributed by atoms with Gasteiger partial charge in [0.05, 0.1) is 5.70 Å². The molecule has 0 saturated carbocycles. The van der Waals surface area contributed by atoms with Gasteiger partial charge in [0, 0.05) is 17.3 Å². The van der Waals surface area contributed by atoms with Crippen LogP contribution in [0.4, 0.5) is 0 Å². The number of nitrogens with one attached hydrogen (secondary N) is 1. The average molecular weight is 203 g/mol. The molecule has 0 atom stereocenters. The summed E-state index contributed by atoms with van der Waals surface area (Å²) in [4.78, 5) is 4.35. The lowest BCUT2D eigenvalue weighted by atomic mass is 9.92. The molecule has 1 aromatic heterocycles. The number of rotatable bonds is 1. The number of aromatic nitrogens is 2. The summed E-state index contributed by atoms with van der Waals surface area (Å²) in [6.45, 7) is 6.51. The Kier molecular flexibility index (Phi) is 2.47. The van der Waals surface area contributed by atoms with Crippen LogP contribution in [0.1, 0.15) is 45.0 Å². The van der Waals surface area contributed by atoms with E-state index in [1.165, 1.54) is 0 Å². The van der Waals surface area contributed by atoms with Crippen molar-refractivity contribution in [1.82, 2.24) is 10.2 Å². The summed E-state index contributed by atoms with van der Waals surface area (Å²) < 4.78 is 0. The van der Waals surface area contributed by atoms with E-state index in [2.05, 4.69) is 48.1 Å². The van der Waals surface area contributed by atoms with E-state index in [1.54, 1.807) is 0 Å². The van der Waals surface area contributed by atoms with Gasteiger partial charge in [-0.05, 0) is 18.9 Å². The third-order valence-electron chi connectivity index (χ3n) is 2.51. The predicted molar refractivity (Wildman–Crippen MR) is 63.0 cm³/mol. The topological polar surface area (TPSA) is 41.0 Å². The van der Waals surface area contributed by atoms with E-state index in [1.807, 2.05) is 6.21 Å². The monoisotopic (exact) mass is 203 g/mol. The molecule has 0 aromatic carbocycles. The molecule has 3 heteroatoms. The standard InChI is InChI=1S/C12H17N3/c1-12(2,3)11-8-10(14-15-11)9-6-4-5-7-13-9/h6-8H,4-5H2,1-3H3,(H,14,15). The van der Waals surface area contributed by atoms with Gasteiger partial charge in [-0.3, -0.25) is 10.1 Å².